The average Bonchev–Trinajstić information content (AvgIpc) is 3.11. The molecule has 2 amide bonds. The third kappa shape index (κ3) is 3.08. The van der Waals surface area contributed by atoms with Crippen LogP contribution in [0.5, 0.6) is 0 Å². The first-order chi connectivity index (χ1) is 12.6. The molecule has 1 aromatic carbocycles. The average molecular weight is 355 g/mol. The number of hydrogen-bond donors (Lipinski definition) is 0. The molecule has 0 unspecified atom stereocenters. The van der Waals surface area contributed by atoms with Gasteiger partial charge in [0.15, 0.2) is 0 Å². The fraction of sp³-hybridized carbons (Fsp3) is 0.619. The molecule has 3 fully saturated rings. The van der Waals surface area contributed by atoms with E-state index in [1.54, 1.807) is 0 Å². The van der Waals surface area contributed by atoms with Gasteiger partial charge < -0.3 is 14.7 Å². The zero-order valence-corrected chi connectivity index (χ0v) is 15.7. The lowest BCUT2D eigenvalue weighted by Gasteiger charge is -2.37. The highest BCUT2D eigenvalue weighted by atomic mass is 16.2. The molecule has 0 radical (unpaired) electrons. The van der Waals surface area contributed by atoms with Gasteiger partial charge in [-0.05, 0) is 62.8 Å². The number of carbonyl (C=O) groups excluding carboxylic acids is 2. The van der Waals surface area contributed by atoms with Crippen LogP contribution < -0.4 is 4.90 Å². The molecular formula is C21H29N3O2. The molecule has 1 aromatic rings. The molecule has 0 N–H and O–H groups in total. The highest BCUT2D eigenvalue weighted by Crippen LogP contribution is 2.40. The van der Waals surface area contributed by atoms with Crippen molar-refractivity contribution in [3.05, 3.63) is 29.8 Å². The Morgan fingerprint density at radius 1 is 0.923 bits per heavy atom. The molecule has 5 heteroatoms. The summed E-state index contributed by atoms with van der Waals surface area (Å²) < 4.78 is 0. The van der Waals surface area contributed by atoms with Crippen molar-refractivity contribution in [1.29, 1.82) is 0 Å². The Morgan fingerprint density at radius 3 is 2.38 bits per heavy atom. The monoisotopic (exact) mass is 355 g/mol. The first-order valence-corrected chi connectivity index (χ1v) is 9.99. The molecule has 1 spiro atoms. The van der Waals surface area contributed by atoms with Gasteiger partial charge in [-0.2, -0.15) is 0 Å². The number of likely N-dealkylation sites (tertiary alicyclic amines) is 2. The maximum Gasteiger partial charge on any atom is 0.253 e. The minimum Gasteiger partial charge on any atom is -0.372 e. The number of benzene rings is 1. The van der Waals surface area contributed by atoms with Gasteiger partial charge in [0.25, 0.3) is 5.91 Å². The number of rotatable bonds is 2. The Hall–Kier alpha value is -2.04. The molecule has 0 bridgehead atoms. The summed E-state index contributed by atoms with van der Waals surface area (Å²) in [4.78, 5) is 31.7. The number of piperidine rings is 2. The highest BCUT2D eigenvalue weighted by molar-refractivity contribution is 5.96. The largest absolute Gasteiger partial charge is 0.372 e. The topological polar surface area (TPSA) is 43.9 Å². The van der Waals surface area contributed by atoms with E-state index < -0.39 is 0 Å². The maximum atomic E-state index is 12.9. The van der Waals surface area contributed by atoms with Crippen molar-refractivity contribution in [3.63, 3.8) is 0 Å². The minimum absolute atomic E-state index is 0.0631. The van der Waals surface area contributed by atoms with Gasteiger partial charge in [0.05, 0.1) is 5.41 Å². The lowest BCUT2D eigenvalue weighted by Crippen LogP contribution is -2.48. The first kappa shape index (κ1) is 17.4. The summed E-state index contributed by atoms with van der Waals surface area (Å²) in [5, 5.41) is 0. The second-order valence-corrected chi connectivity index (χ2v) is 8.18. The normalized spacial score (nSPS) is 26.7. The molecule has 140 valence electrons. The van der Waals surface area contributed by atoms with Crippen molar-refractivity contribution >= 4 is 17.5 Å². The Balaban J connectivity index is 1.44. The zero-order valence-electron chi connectivity index (χ0n) is 15.7. The van der Waals surface area contributed by atoms with E-state index in [0.29, 0.717) is 13.1 Å². The predicted molar refractivity (Wildman–Crippen MR) is 102 cm³/mol. The summed E-state index contributed by atoms with van der Waals surface area (Å²) in [6.45, 7) is 4.32. The van der Waals surface area contributed by atoms with E-state index in [4.69, 9.17) is 0 Å². The van der Waals surface area contributed by atoms with E-state index in [-0.39, 0.29) is 17.2 Å². The van der Waals surface area contributed by atoms with Gasteiger partial charge in [-0.3, -0.25) is 9.59 Å². The fourth-order valence-corrected chi connectivity index (χ4v) is 4.84. The van der Waals surface area contributed by atoms with Crippen molar-refractivity contribution in [1.82, 2.24) is 9.80 Å². The summed E-state index contributed by atoms with van der Waals surface area (Å²) in [7, 11) is 1.88. The molecule has 5 nitrogen and oxygen atoms in total. The standard InChI is InChI=1S/C21H29N3O2/c1-22-12-5-10-21(20(22)26)11-15-24(16-21)19(25)17-6-8-18(9-7-17)23-13-3-2-4-14-23/h6-9H,2-5,10-16H2,1H3/t21-/m0/s1. The number of carbonyl (C=O) groups is 2. The smallest absolute Gasteiger partial charge is 0.253 e. The van der Waals surface area contributed by atoms with Crippen molar-refractivity contribution in [2.45, 2.75) is 38.5 Å². The molecule has 0 aromatic heterocycles. The van der Waals surface area contributed by atoms with E-state index in [1.807, 2.05) is 29.0 Å². The number of hydrogen-bond acceptors (Lipinski definition) is 3. The van der Waals surface area contributed by atoms with E-state index >= 15 is 0 Å². The predicted octanol–water partition coefficient (Wildman–Crippen LogP) is 2.76. The van der Waals surface area contributed by atoms with Gasteiger partial charge >= 0.3 is 0 Å². The molecule has 3 heterocycles. The summed E-state index contributed by atoms with van der Waals surface area (Å²) in [5.74, 6) is 0.285. The Bertz CT molecular complexity index is 681. The summed E-state index contributed by atoms with van der Waals surface area (Å²) in [5.41, 5.74) is 1.61. The zero-order chi connectivity index (χ0) is 18.1. The van der Waals surface area contributed by atoms with Crippen LogP contribution in [0.1, 0.15) is 48.9 Å². The van der Waals surface area contributed by atoms with Crippen molar-refractivity contribution in [2.75, 3.05) is 44.7 Å². The lowest BCUT2D eigenvalue weighted by atomic mass is 9.78. The van der Waals surface area contributed by atoms with Crippen LogP contribution in [0.25, 0.3) is 0 Å². The van der Waals surface area contributed by atoms with Crippen LogP contribution >= 0.6 is 0 Å². The van der Waals surface area contributed by atoms with Crippen molar-refractivity contribution in [3.8, 4) is 0 Å². The van der Waals surface area contributed by atoms with Gasteiger partial charge in [0.2, 0.25) is 5.91 Å². The summed E-state index contributed by atoms with van der Waals surface area (Å²) >= 11 is 0. The molecule has 3 aliphatic rings. The van der Waals surface area contributed by atoms with Gasteiger partial charge in [0, 0.05) is 51.0 Å². The number of amides is 2. The molecule has 26 heavy (non-hydrogen) atoms. The highest BCUT2D eigenvalue weighted by Gasteiger charge is 2.48. The Labute approximate surface area is 155 Å². The van der Waals surface area contributed by atoms with Gasteiger partial charge in [-0.1, -0.05) is 0 Å². The van der Waals surface area contributed by atoms with Crippen LogP contribution in [0.15, 0.2) is 24.3 Å². The molecule has 3 saturated heterocycles. The molecule has 0 saturated carbocycles. The quantitative estimate of drug-likeness (QED) is 0.819. The van der Waals surface area contributed by atoms with Crippen LogP contribution in [-0.2, 0) is 4.79 Å². The summed E-state index contributed by atoms with van der Waals surface area (Å²) in [6, 6.07) is 8.05. The van der Waals surface area contributed by atoms with Crippen LogP contribution in [0.3, 0.4) is 0 Å². The van der Waals surface area contributed by atoms with E-state index in [1.165, 1.54) is 24.9 Å². The molecule has 4 rings (SSSR count). The van der Waals surface area contributed by atoms with Crippen LogP contribution in [0.4, 0.5) is 5.69 Å². The van der Waals surface area contributed by atoms with Gasteiger partial charge in [-0.25, -0.2) is 0 Å². The second kappa shape index (κ2) is 6.93. The van der Waals surface area contributed by atoms with Gasteiger partial charge in [-0.15, -0.1) is 0 Å². The molecule has 1 atom stereocenters. The van der Waals surface area contributed by atoms with Crippen LogP contribution in [-0.4, -0.2) is 61.4 Å². The van der Waals surface area contributed by atoms with E-state index in [9.17, 15) is 9.59 Å². The van der Waals surface area contributed by atoms with Crippen molar-refractivity contribution in [2.24, 2.45) is 5.41 Å². The Kier molecular flexibility index (Phi) is 4.63. The number of anilines is 1. The van der Waals surface area contributed by atoms with Gasteiger partial charge in [0.1, 0.15) is 0 Å². The molecule has 0 aliphatic carbocycles. The second-order valence-electron chi connectivity index (χ2n) is 8.18. The lowest BCUT2D eigenvalue weighted by molar-refractivity contribution is -0.143. The van der Waals surface area contributed by atoms with Crippen LogP contribution in [0.2, 0.25) is 0 Å². The maximum absolute atomic E-state index is 12.9. The molecule has 3 aliphatic heterocycles. The SMILES string of the molecule is CN1CCC[C@@]2(CCN(C(=O)c3ccc(N4CCCCC4)cc3)C2)C1=O. The fourth-order valence-electron chi connectivity index (χ4n) is 4.84. The van der Waals surface area contributed by atoms with E-state index in [2.05, 4.69) is 17.0 Å². The first-order valence-electron chi connectivity index (χ1n) is 9.99. The third-order valence-electron chi connectivity index (χ3n) is 6.43. The van der Waals surface area contributed by atoms with E-state index in [0.717, 1.165) is 44.5 Å². The van der Waals surface area contributed by atoms with Crippen molar-refractivity contribution < 1.29 is 9.59 Å². The summed E-state index contributed by atoms with van der Waals surface area (Å²) in [6.07, 6.45) is 6.56. The van der Waals surface area contributed by atoms with Crippen LogP contribution in [0, 0.1) is 5.41 Å². The number of nitrogens with zero attached hydrogens (tertiary/aromatic N) is 3. The molecular weight excluding hydrogens is 326 g/mol. The minimum atomic E-state index is -0.337. The Morgan fingerprint density at radius 2 is 1.65 bits per heavy atom. The third-order valence-corrected chi connectivity index (χ3v) is 6.43.